The summed E-state index contributed by atoms with van der Waals surface area (Å²) in [5, 5.41) is 11.3. The van der Waals surface area contributed by atoms with Crippen LogP contribution in [0, 0.1) is 11.3 Å². The van der Waals surface area contributed by atoms with Gasteiger partial charge in [0.1, 0.15) is 11.3 Å². The van der Waals surface area contributed by atoms with Crippen LogP contribution in [0.3, 0.4) is 0 Å². The molecule has 0 radical (unpaired) electrons. The largest absolute Gasteiger partial charge is 0.381 e. The Labute approximate surface area is 193 Å². The number of carbonyl (C=O) groups excluding carboxylic acids is 1. The molecular formula is C24H19ClN4O2S. The van der Waals surface area contributed by atoms with Gasteiger partial charge in [0, 0.05) is 40.7 Å². The van der Waals surface area contributed by atoms with Gasteiger partial charge in [-0.05, 0) is 42.7 Å². The Kier molecular flexibility index (Phi) is 5.30. The van der Waals surface area contributed by atoms with Crippen molar-refractivity contribution in [2.45, 2.75) is 28.0 Å². The molecule has 6 nitrogen and oxygen atoms in total. The lowest BCUT2D eigenvalue weighted by Crippen LogP contribution is -2.32. The lowest BCUT2D eigenvalue weighted by atomic mass is 9.75. The predicted molar refractivity (Wildman–Crippen MR) is 124 cm³/mol. The number of amides is 1. The second kappa shape index (κ2) is 8.14. The number of hydrogen-bond acceptors (Lipinski definition) is 5. The molecule has 0 unspecified atom stereocenters. The van der Waals surface area contributed by atoms with Gasteiger partial charge in [0.15, 0.2) is 0 Å². The smallest absolute Gasteiger partial charge is 0.268 e. The van der Waals surface area contributed by atoms with Crippen molar-refractivity contribution in [3.05, 3.63) is 71.0 Å². The quantitative estimate of drug-likeness (QED) is 0.462. The van der Waals surface area contributed by atoms with E-state index in [2.05, 4.69) is 17.1 Å². The number of nitriles is 1. The van der Waals surface area contributed by atoms with Crippen molar-refractivity contribution in [3.63, 3.8) is 0 Å². The molecule has 0 aliphatic carbocycles. The molecular weight excluding hydrogens is 444 g/mol. The van der Waals surface area contributed by atoms with Gasteiger partial charge in [-0.2, -0.15) is 5.26 Å². The number of nitrogens with two attached hydrogens (primary N) is 1. The van der Waals surface area contributed by atoms with Crippen molar-refractivity contribution >= 4 is 45.8 Å². The Hall–Kier alpha value is -3.05. The molecule has 3 heterocycles. The highest BCUT2D eigenvalue weighted by Crippen LogP contribution is 2.38. The van der Waals surface area contributed by atoms with Crippen LogP contribution >= 0.6 is 23.4 Å². The van der Waals surface area contributed by atoms with Gasteiger partial charge in [-0.25, -0.2) is 4.98 Å². The van der Waals surface area contributed by atoms with Crippen LogP contribution in [0.5, 0.6) is 0 Å². The molecule has 1 aliphatic rings. The molecule has 0 spiro atoms. The lowest BCUT2D eigenvalue weighted by Gasteiger charge is -2.31. The van der Waals surface area contributed by atoms with Gasteiger partial charge in [-0.3, -0.25) is 9.20 Å². The second-order valence-electron chi connectivity index (χ2n) is 7.83. The number of imidazole rings is 1. The molecule has 1 saturated heterocycles. The average molecular weight is 463 g/mol. The van der Waals surface area contributed by atoms with Crippen molar-refractivity contribution in [2.75, 3.05) is 13.2 Å². The normalized spacial score (nSPS) is 15.6. The molecule has 2 aromatic carbocycles. The number of halogens is 1. The maximum Gasteiger partial charge on any atom is 0.268 e. The van der Waals surface area contributed by atoms with Crippen LogP contribution in [0.25, 0.3) is 16.6 Å². The first-order chi connectivity index (χ1) is 15.5. The van der Waals surface area contributed by atoms with E-state index < -0.39 is 11.3 Å². The summed E-state index contributed by atoms with van der Waals surface area (Å²) in [7, 11) is 0. The van der Waals surface area contributed by atoms with Gasteiger partial charge < -0.3 is 10.5 Å². The number of rotatable bonds is 4. The van der Waals surface area contributed by atoms with Crippen LogP contribution in [0.1, 0.15) is 28.9 Å². The van der Waals surface area contributed by atoms with E-state index in [9.17, 15) is 10.1 Å². The molecule has 1 amide bonds. The maximum absolute atomic E-state index is 11.6. The van der Waals surface area contributed by atoms with Gasteiger partial charge in [0.2, 0.25) is 0 Å². The third-order valence-corrected chi connectivity index (χ3v) is 7.20. The number of aromatic nitrogens is 2. The van der Waals surface area contributed by atoms with E-state index in [1.54, 1.807) is 24.0 Å². The zero-order chi connectivity index (χ0) is 22.3. The topological polar surface area (TPSA) is 93.4 Å². The van der Waals surface area contributed by atoms with E-state index in [0.29, 0.717) is 36.7 Å². The third kappa shape index (κ3) is 3.61. The van der Waals surface area contributed by atoms with E-state index in [1.807, 2.05) is 40.8 Å². The van der Waals surface area contributed by atoms with Crippen LogP contribution in [0.4, 0.5) is 0 Å². The monoisotopic (exact) mass is 462 g/mol. The molecule has 1 aliphatic heterocycles. The number of pyridine rings is 1. The van der Waals surface area contributed by atoms with Crippen LogP contribution in [0.2, 0.25) is 5.02 Å². The van der Waals surface area contributed by atoms with Crippen molar-refractivity contribution in [2.24, 2.45) is 5.73 Å². The van der Waals surface area contributed by atoms with Gasteiger partial charge in [0.25, 0.3) is 5.91 Å². The molecule has 5 rings (SSSR count). The molecule has 160 valence electrons. The Bertz CT molecular complexity index is 1400. The molecule has 2 N–H and O–H groups in total. The number of nitrogens with zero attached hydrogens (tertiary/aromatic N) is 3. The fraction of sp³-hybridized carbons (Fsp3) is 0.208. The van der Waals surface area contributed by atoms with Crippen molar-refractivity contribution in [1.82, 2.24) is 9.38 Å². The summed E-state index contributed by atoms with van der Waals surface area (Å²) in [5.41, 5.74) is 7.53. The van der Waals surface area contributed by atoms with Gasteiger partial charge in [-0.1, -0.05) is 41.6 Å². The van der Waals surface area contributed by atoms with Crippen LogP contribution in [-0.4, -0.2) is 28.5 Å². The molecule has 1 fully saturated rings. The molecule has 8 heteroatoms. The Balaban J connectivity index is 1.54. The zero-order valence-corrected chi connectivity index (χ0v) is 18.6. The standard InChI is InChI=1S/C24H19ClN4O2S/c25-19-12-22-28-20(23(27)30)13-29(22)21-11-17(4-5-18(19)21)32-16-3-1-2-15(10-16)24(14-26)6-8-31-9-7-24/h1-5,10-13H,6-9H2,(H2,27,30). The minimum atomic E-state index is -0.583. The summed E-state index contributed by atoms with van der Waals surface area (Å²) in [6.45, 7) is 1.20. The summed E-state index contributed by atoms with van der Waals surface area (Å²) in [6.07, 6.45) is 3.03. The second-order valence-corrected chi connectivity index (χ2v) is 9.38. The van der Waals surface area contributed by atoms with Crippen LogP contribution in [-0.2, 0) is 10.2 Å². The number of hydrogen-bond donors (Lipinski definition) is 1. The van der Waals surface area contributed by atoms with E-state index in [4.69, 9.17) is 22.1 Å². The lowest BCUT2D eigenvalue weighted by molar-refractivity contribution is 0.0675. The van der Waals surface area contributed by atoms with Crippen molar-refractivity contribution in [3.8, 4) is 6.07 Å². The summed E-state index contributed by atoms with van der Waals surface area (Å²) in [6, 6.07) is 18.4. The molecule has 4 aromatic rings. The number of fused-ring (bicyclic) bond motifs is 3. The minimum absolute atomic E-state index is 0.192. The molecule has 2 aromatic heterocycles. The van der Waals surface area contributed by atoms with E-state index in [-0.39, 0.29) is 5.69 Å². The minimum Gasteiger partial charge on any atom is -0.381 e. The number of benzene rings is 2. The zero-order valence-electron chi connectivity index (χ0n) is 17.0. The Morgan fingerprint density at radius 3 is 2.72 bits per heavy atom. The van der Waals surface area contributed by atoms with E-state index >= 15 is 0 Å². The molecule has 32 heavy (non-hydrogen) atoms. The highest BCUT2D eigenvalue weighted by atomic mass is 35.5. The first kappa shape index (κ1) is 20.8. The summed E-state index contributed by atoms with van der Waals surface area (Å²) in [4.78, 5) is 17.9. The highest BCUT2D eigenvalue weighted by Gasteiger charge is 2.34. The molecule has 0 bridgehead atoms. The summed E-state index contributed by atoms with van der Waals surface area (Å²) >= 11 is 8.07. The fourth-order valence-corrected chi connectivity index (χ4v) is 5.32. The van der Waals surface area contributed by atoms with Crippen molar-refractivity contribution < 1.29 is 9.53 Å². The van der Waals surface area contributed by atoms with E-state index in [0.717, 1.165) is 26.3 Å². The summed E-state index contributed by atoms with van der Waals surface area (Å²) in [5.74, 6) is -0.583. The Morgan fingerprint density at radius 2 is 1.97 bits per heavy atom. The fourth-order valence-electron chi connectivity index (χ4n) is 4.15. The SMILES string of the molecule is N#CC1(c2cccc(Sc3ccc4c(Cl)cc5nc(C(N)=O)cn5c4c3)c2)CCOCC1. The third-order valence-electron chi connectivity index (χ3n) is 5.91. The van der Waals surface area contributed by atoms with Gasteiger partial charge in [-0.15, -0.1) is 0 Å². The van der Waals surface area contributed by atoms with Crippen molar-refractivity contribution in [1.29, 1.82) is 5.26 Å². The number of ether oxygens (including phenoxy) is 1. The van der Waals surface area contributed by atoms with Crippen LogP contribution < -0.4 is 5.73 Å². The van der Waals surface area contributed by atoms with Gasteiger partial charge >= 0.3 is 0 Å². The average Bonchev–Trinajstić information content (AvgIpc) is 3.24. The first-order valence-corrected chi connectivity index (χ1v) is 11.4. The molecule has 0 atom stereocenters. The first-order valence-electron chi connectivity index (χ1n) is 10.2. The molecule has 0 saturated carbocycles. The summed E-state index contributed by atoms with van der Waals surface area (Å²) < 4.78 is 7.30. The van der Waals surface area contributed by atoms with Gasteiger partial charge in [0.05, 0.1) is 22.0 Å². The number of primary amides is 1. The van der Waals surface area contributed by atoms with Crippen LogP contribution in [0.15, 0.2) is 64.5 Å². The number of carbonyl (C=O) groups is 1. The Morgan fingerprint density at radius 1 is 1.19 bits per heavy atom. The maximum atomic E-state index is 11.6. The highest BCUT2D eigenvalue weighted by molar-refractivity contribution is 7.99. The predicted octanol–water partition coefficient (Wildman–Crippen LogP) is 4.96. The van der Waals surface area contributed by atoms with E-state index in [1.165, 1.54) is 0 Å².